The quantitative estimate of drug-likeness (QED) is 0.789. The molecule has 0 saturated heterocycles. The lowest BCUT2D eigenvalue weighted by atomic mass is 9.97. The molecule has 0 aromatic heterocycles. The summed E-state index contributed by atoms with van der Waals surface area (Å²) in [6, 6.07) is 9.98. The van der Waals surface area contributed by atoms with Gasteiger partial charge in [0.05, 0.1) is 12.5 Å². The Kier molecular flexibility index (Phi) is 5.22. The molecule has 1 aromatic carbocycles. The second-order valence-corrected chi connectivity index (χ2v) is 4.16. The number of nitrogens with one attached hydrogen (secondary N) is 1. The molecule has 0 spiro atoms. The van der Waals surface area contributed by atoms with Crippen molar-refractivity contribution in [1.82, 2.24) is 5.32 Å². The van der Waals surface area contributed by atoms with Crippen LogP contribution in [0.3, 0.4) is 0 Å². The number of nitriles is 1. The molecule has 1 unspecified atom stereocenters. The summed E-state index contributed by atoms with van der Waals surface area (Å²) in [5, 5.41) is 10.9. The fourth-order valence-corrected chi connectivity index (χ4v) is 1.59. The number of carbonyl (C=O) groups excluding carboxylic acids is 1. The van der Waals surface area contributed by atoms with E-state index in [0.717, 1.165) is 12.0 Å². The summed E-state index contributed by atoms with van der Waals surface area (Å²) >= 11 is 0. The molecule has 0 bridgehead atoms. The first-order chi connectivity index (χ1) is 8.17. The van der Waals surface area contributed by atoms with Crippen molar-refractivity contribution in [2.75, 3.05) is 6.54 Å². The summed E-state index contributed by atoms with van der Waals surface area (Å²) in [6.45, 7) is 4.42. The molecule has 1 rings (SSSR count). The maximum absolute atomic E-state index is 11.4. The number of hydrogen-bond donors (Lipinski definition) is 1. The second kappa shape index (κ2) is 6.70. The van der Waals surface area contributed by atoms with Gasteiger partial charge in [-0.2, -0.15) is 5.26 Å². The van der Waals surface area contributed by atoms with Crippen molar-refractivity contribution in [2.24, 2.45) is 0 Å². The lowest BCUT2D eigenvalue weighted by molar-refractivity contribution is -0.120. The number of benzene rings is 1. The Morgan fingerprint density at radius 1 is 1.41 bits per heavy atom. The van der Waals surface area contributed by atoms with Gasteiger partial charge in [-0.25, -0.2) is 0 Å². The van der Waals surface area contributed by atoms with Gasteiger partial charge in [-0.3, -0.25) is 4.79 Å². The van der Waals surface area contributed by atoms with Crippen molar-refractivity contribution >= 4 is 5.91 Å². The number of rotatable bonds is 5. The van der Waals surface area contributed by atoms with E-state index in [9.17, 15) is 4.79 Å². The summed E-state index contributed by atoms with van der Waals surface area (Å²) in [5.74, 6) is 0.444. The van der Waals surface area contributed by atoms with E-state index in [2.05, 4.69) is 31.3 Å². The fraction of sp³-hybridized carbons (Fsp3) is 0.429. The van der Waals surface area contributed by atoms with Gasteiger partial charge < -0.3 is 5.32 Å². The van der Waals surface area contributed by atoms with Gasteiger partial charge in [0.2, 0.25) is 5.91 Å². The van der Waals surface area contributed by atoms with E-state index in [4.69, 9.17) is 5.26 Å². The molecular formula is C14H18N2O. The molecule has 0 radical (unpaired) electrons. The number of carbonyl (C=O) groups is 1. The number of amides is 1. The van der Waals surface area contributed by atoms with Crippen LogP contribution in [0.25, 0.3) is 0 Å². The van der Waals surface area contributed by atoms with Crippen LogP contribution >= 0.6 is 0 Å². The van der Waals surface area contributed by atoms with E-state index in [1.54, 1.807) is 0 Å². The molecule has 3 heteroatoms. The number of nitrogens with zero attached hydrogens (tertiary/aromatic N) is 1. The first-order valence-corrected chi connectivity index (χ1v) is 5.89. The van der Waals surface area contributed by atoms with E-state index < -0.39 is 0 Å². The van der Waals surface area contributed by atoms with Crippen molar-refractivity contribution in [3.05, 3.63) is 35.4 Å². The molecular weight excluding hydrogens is 212 g/mol. The molecule has 1 amide bonds. The van der Waals surface area contributed by atoms with Gasteiger partial charge in [0, 0.05) is 0 Å². The topological polar surface area (TPSA) is 52.9 Å². The first kappa shape index (κ1) is 13.2. The molecule has 3 nitrogen and oxygen atoms in total. The summed E-state index contributed by atoms with van der Waals surface area (Å²) in [7, 11) is 0. The Balaban J connectivity index is 2.57. The SMILES string of the molecule is CCC(C)c1ccc(CC(=O)NCC#N)cc1. The van der Waals surface area contributed by atoms with Gasteiger partial charge in [0.1, 0.15) is 6.54 Å². The van der Waals surface area contributed by atoms with Crippen LogP contribution in [-0.4, -0.2) is 12.5 Å². The van der Waals surface area contributed by atoms with Crippen LogP contribution in [0.15, 0.2) is 24.3 Å². The lowest BCUT2D eigenvalue weighted by Gasteiger charge is -2.09. The molecule has 0 fully saturated rings. The predicted molar refractivity (Wildman–Crippen MR) is 67.5 cm³/mol. The van der Waals surface area contributed by atoms with Crippen LogP contribution in [-0.2, 0) is 11.2 Å². The Morgan fingerprint density at radius 2 is 2.06 bits per heavy atom. The third kappa shape index (κ3) is 4.28. The largest absolute Gasteiger partial charge is 0.343 e. The van der Waals surface area contributed by atoms with Crippen molar-refractivity contribution in [3.63, 3.8) is 0 Å². The van der Waals surface area contributed by atoms with Crippen LogP contribution in [0.1, 0.15) is 37.3 Å². The smallest absolute Gasteiger partial charge is 0.225 e. The van der Waals surface area contributed by atoms with Gasteiger partial charge in [-0.15, -0.1) is 0 Å². The summed E-state index contributed by atoms with van der Waals surface area (Å²) in [4.78, 5) is 11.4. The average Bonchev–Trinajstić information content (AvgIpc) is 2.36. The van der Waals surface area contributed by atoms with Crippen LogP contribution in [0.4, 0.5) is 0 Å². The van der Waals surface area contributed by atoms with Crippen molar-refractivity contribution < 1.29 is 4.79 Å². The van der Waals surface area contributed by atoms with Crippen molar-refractivity contribution in [3.8, 4) is 6.07 Å². The highest BCUT2D eigenvalue weighted by molar-refractivity contribution is 5.78. The summed E-state index contributed by atoms with van der Waals surface area (Å²) in [5.41, 5.74) is 2.28. The van der Waals surface area contributed by atoms with Crippen molar-refractivity contribution in [2.45, 2.75) is 32.6 Å². The zero-order chi connectivity index (χ0) is 12.7. The maximum Gasteiger partial charge on any atom is 0.225 e. The molecule has 1 aromatic rings. The van der Waals surface area contributed by atoms with E-state index in [1.165, 1.54) is 5.56 Å². The van der Waals surface area contributed by atoms with Crippen LogP contribution < -0.4 is 5.32 Å². The van der Waals surface area contributed by atoms with E-state index >= 15 is 0 Å². The number of hydrogen-bond acceptors (Lipinski definition) is 2. The summed E-state index contributed by atoms with van der Waals surface area (Å²) < 4.78 is 0. The highest BCUT2D eigenvalue weighted by atomic mass is 16.1. The Bertz CT molecular complexity index is 403. The maximum atomic E-state index is 11.4. The van der Waals surface area contributed by atoms with Crippen LogP contribution in [0.2, 0.25) is 0 Å². The molecule has 0 aliphatic heterocycles. The monoisotopic (exact) mass is 230 g/mol. The van der Waals surface area contributed by atoms with Gasteiger partial charge in [0.15, 0.2) is 0 Å². The Labute approximate surface area is 102 Å². The normalized spacial score (nSPS) is 11.6. The fourth-order valence-electron chi connectivity index (χ4n) is 1.59. The van der Waals surface area contributed by atoms with Gasteiger partial charge in [-0.05, 0) is 23.5 Å². The highest BCUT2D eigenvalue weighted by Gasteiger charge is 2.05. The predicted octanol–water partition coefficient (Wildman–Crippen LogP) is 2.38. The lowest BCUT2D eigenvalue weighted by Crippen LogP contribution is -2.25. The van der Waals surface area contributed by atoms with Crippen molar-refractivity contribution in [1.29, 1.82) is 5.26 Å². The molecule has 1 N–H and O–H groups in total. The Morgan fingerprint density at radius 3 is 2.59 bits per heavy atom. The van der Waals surface area contributed by atoms with Gasteiger partial charge >= 0.3 is 0 Å². The molecule has 17 heavy (non-hydrogen) atoms. The third-order valence-electron chi connectivity index (χ3n) is 2.89. The minimum absolute atomic E-state index is 0.0732. The van der Waals surface area contributed by atoms with Gasteiger partial charge in [0.25, 0.3) is 0 Å². The average molecular weight is 230 g/mol. The van der Waals surface area contributed by atoms with Crippen LogP contribution in [0, 0.1) is 11.3 Å². The third-order valence-corrected chi connectivity index (χ3v) is 2.89. The highest BCUT2D eigenvalue weighted by Crippen LogP contribution is 2.18. The zero-order valence-electron chi connectivity index (χ0n) is 10.4. The Hall–Kier alpha value is -1.82. The standard InChI is InChI=1S/C14H18N2O/c1-3-11(2)13-6-4-12(5-7-13)10-14(17)16-9-8-15/h4-7,11H,3,9-10H2,1-2H3,(H,16,17). The molecule has 90 valence electrons. The minimum Gasteiger partial charge on any atom is -0.343 e. The summed E-state index contributed by atoms with van der Waals surface area (Å²) in [6.07, 6.45) is 1.45. The molecule has 0 aliphatic carbocycles. The molecule has 0 aliphatic rings. The minimum atomic E-state index is -0.108. The van der Waals surface area contributed by atoms with E-state index in [-0.39, 0.29) is 12.5 Å². The van der Waals surface area contributed by atoms with E-state index in [0.29, 0.717) is 12.3 Å². The molecule has 1 atom stereocenters. The molecule has 0 saturated carbocycles. The molecule has 0 heterocycles. The van der Waals surface area contributed by atoms with Gasteiger partial charge in [-0.1, -0.05) is 38.1 Å². The second-order valence-electron chi connectivity index (χ2n) is 4.16. The zero-order valence-corrected chi connectivity index (χ0v) is 10.4. The first-order valence-electron chi connectivity index (χ1n) is 5.89. The van der Waals surface area contributed by atoms with Crippen LogP contribution in [0.5, 0.6) is 0 Å². The van der Waals surface area contributed by atoms with E-state index in [1.807, 2.05) is 18.2 Å².